The molecule has 0 saturated heterocycles. The molecule has 0 radical (unpaired) electrons. The Morgan fingerprint density at radius 3 is 2.30 bits per heavy atom. The molecule has 0 atom stereocenters. The van der Waals surface area contributed by atoms with Gasteiger partial charge in [0.25, 0.3) is 5.91 Å². The van der Waals surface area contributed by atoms with Crippen molar-refractivity contribution in [3.63, 3.8) is 0 Å². The zero-order valence-electron chi connectivity index (χ0n) is 19.2. The maximum absolute atomic E-state index is 12.4. The third-order valence-corrected chi connectivity index (χ3v) is 4.19. The molecule has 170 valence electrons. The average molecular weight is 531 g/mol. The minimum Gasteiger partial charge on any atom is -0.357 e. The molecule has 0 aromatic heterocycles. The molecule has 0 heterocycles. The molecular weight excluding hydrogens is 493 g/mol. The van der Waals surface area contributed by atoms with E-state index in [9.17, 15) is 9.59 Å². The molecule has 0 aliphatic rings. The summed E-state index contributed by atoms with van der Waals surface area (Å²) in [6, 6.07) is 7.48. The largest absolute Gasteiger partial charge is 0.357 e. The number of nitrogens with one attached hydrogen (secondary N) is 3. The number of hydrogen-bond donors (Lipinski definition) is 3. The van der Waals surface area contributed by atoms with E-state index in [2.05, 4.69) is 20.9 Å². The molecule has 0 unspecified atom stereocenters. The Hall–Kier alpha value is -1.84. The molecule has 0 bridgehead atoms. The number of nitrogens with zero attached hydrogens (tertiary/aromatic N) is 2. The fourth-order valence-corrected chi connectivity index (χ4v) is 2.76. The van der Waals surface area contributed by atoms with Gasteiger partial charge in [0.1, 0.15) is 0 Å². The van der Waals surface area contributed by atoms with Crippen molar-refractivity contribution in [2.75, 3.05) is 26.2 Å². The molecule has 8 heteroatoms. The molecule has 1 aromatic rings. The number of guanidine groups is 1. The second kappa shape index (κ2) is 14.2. The van der Waals surface area contributed by atoms with Crippen LogP contribution >= 0.6 is 24.0 Å². The molecule has 7 nitrogen and oxygen atoms in total. The third-order valence-electron chi connectivity index (χ3n) is 4.19. The number of benzene rings is 1. The Kier molecular flexibility index (Phi) is 13.3. The van der Waals surface area contributed by atoms with E-state index < -0.39 is 0 Å². The van der Waals surface area contributed by atoms with E-state index in [1.54, 1.807) is 6.07 Å². The number of carbonyl (C=O) groups excluding carboxylic acids is 2. The highest BCUT2D eigenvalue weighted by Crippen LogP contribution is 2.09. The van der Waals surface area contributed by atoms with Crippen molar-refractivity contribution in [1.82, 2.24) is 20.9 Å². The summed E-state index contributed by atoms with van der Waals surface area (Å²) in [4.78, 5) is 30.9. The zero-order chi connectivity index (χ0) is 21.9. The number of hydrogen-bond acceptors (Lipinski definition) is 3. The van der Waals surface area contributed by atoms with Crippen molar-refractivity contribution in [2.24, 2.45) is 4.99 Å². The van der Waals surface area contributed by atoms with Gasteiger partial charge >= 0.3 is 0 Å². The predicted molar refractivity (Wildman–Crippen MR) is 134 cm³/mol. The lowest BCUT2D eigenvalue weighted by atomic mass is 10.1. The lowest BCUT2D eigenvalue weighted by Crippen LogP contribution is -2.40. The van der Waals surface area contributed by atoms with E-state index in [-0.39, 0.29) is 41.3 Å². The Balaban J connectivity index is 0.00000841. The maximum atomic E-state index is 12.4. The quantitative estimate of drug-likeness (QED) is 0.260. The van der Waals surface area contributed by atoms with Crippen LogP contribution in [0.15, 0.2) is 29.3 Å². The van der Waals surface area contributed by atoms with E-state index in [4.69, 9.17) is 0 Å². The number of carbonyl (C=O) groups is 2. The molecule has 0 spiro atoms. The van der Waals surface area contributed by atoms with Crippen molar-refractivity contribution >= 4 is 41.8 Å². The monoisotopic (exact) mass is 531 g/mol. The average Bonchev–Trinajstić information content (AvgIpc) is 2.66. The first-order chi connectivity index (χ1) is 13.7. The van der Waals surface area contributed by atoms with Gasteiger partial charge in [-0.3, -0.25) is 9.59 Å². The highest BCUT2D eigenvalue weighted by molar-refractivity contribution is 14.0. The van der Waals surface area contributed by atoms with Gasteiger partial charge in [-0.2, -0.15) is 0 Å². The van der Waals surface area contributed by atoms with E-state index >= 15 is 0 Å². The van der Waals surface area contributed by atoms with E-state index in [1.165, 1.54) is 0 Å². The molecule has 1 rings (SSSR count). The number of halogens is 1. The van der Waals surface area contributed by atoms with Crippen LogP contribution in [-0.4, -0.2) is 54.4 Å². The Bertz CT molecular complexity index is 697. The Morgan fingerprint density at radius 1 is 1.07 bits per heavy atom. The molecule has 0 aliphatic carbocycles. The van der Waals surface area contributed by atoms with Crippen molar-refractivity contribution in [2.45, 2.75) is 60.0 Å². The molecule has 0 aliphatic heterocycles. The molecule has 0 saturated carbocycles. The van der Waals surface area contributed by atoms with E-state index in [1.807, 2.05) is 64.6 Å². The number of aliphatic imine (C=N–C) groups is 1. The molecule has 2 amide bonds. The predicted octanol–water partition coefficient (Wildman–Crippen LogP) is 3.15. The van der Waals surface area contributed by atoms with Crippen molar-refractivity contribution in [1.29, 1.82) is 0 Å². The summed E-state index contributed by atoms with van der Waals surface area (Å²) in [5.41, 5.74) is 1.29. The van der Waals surface area contributed by atoms with E-state index in [0.29, 0.717) is 31.0 Å². The highest BCUT2D eigenvalue weighted by atomic mass is 127. The summed E-state index contributed by atoms with van der Waals surface area (Å²) in [5.74, 6) is 0.698. The number of amides is 2. The summed E-state index contributed by atoms with van der Waals surface area (Å²) in [5, 5.41) is 9.36. The van der Waals surface area contributed by atoms with Crippen molar-refractivity contribution < 1.29 is 9.59 Å². The first-order valence-electron chi connectivity index (χ1n) is 10.4. The lowest BCUT2D eigenvalue weighted by Gasteiger charge is -2.20. The van der Waals surface area contributed by atoms with Gasteiger partial charge in [-0.25, -0.2) is 4.99 Å². The maximum Gasteiger partial charge on any atom is 0.251 e. The molecule has 0 fully saturated rings. The van der Waals surface area contributed by atoms with Gasteiger partial charge in [-0.1, -0.05) is 12.1 Å². The molecule has 3 N–H and O–H groups in total. The van der Waals surface area contributed by atoms with Crippen LogP contribution in [0.2, 0.25) is 0 Å². The summed E-state index contributed by atoms with van der Waals surface area (Å²) in [7, 11) is 0. The summed E-state index contributed by atoms with van der Waals surface area (Å²) < 4.78 is 0. The zero-order valence-corrected chi connectivity index (χ0v) is 21.5. The standard InChI is InChI=1S/C22H37N5O2.HI/c1-7-23-21(24-14-13-19(28)27(8-2)9-3)25-16-17-11-10-12-18(15-17)20(29)26-22(4,5)6;/h10-12,15H,7-9,13-14,16H2,1-6H3,(H,26,29)(H2,23,24,25);1H. The Morgan fingerprint density at radius 2 is 1.73 bits per heavy atom. The van der Waals surface area contributed by atoms with Crippen LogP contribution in [-0.2, 0) is 11.3 Å². The fourth-order valence-electron chi connectivity index (χ4n) is 2.76. The van der Waals surface area contributed by atoms with Gasteiger partial charge in [-0.05, 0) is 59.2 Å². The second-order valence-electron chi connectivity index (χ2n) is 7.84. The van der Waals surface area contributed by atoms with Crippen LogP contribution in [0, 0.1) is 0 Å². The van der Waals surface area contributed by atoms with Gasteiger partial charge in [0.2, 0.25) is 5.91 Å². The minimum absolute atomic E-state index is 0. The van der Waals surface area contributed by atoms with Crippen LogP contribution in [0.4, 0.5) is 0 Å². The summed E-state index contributed by atoms with van der Waals surface area (Å²) in [6.45, 7) is 15.0. The Labute approximate surface area is 198 Å². The van der Waals surface area contributed by atoms with Crippen molar-refractivity contribution in [3.8, 4) is 0 Å². The van der Waals surface area contributed by atoms with Gasteiger partial charge < -0.3 is 20.9 Å². The van der Waals surface area contributed by atoms with Gasteiger partial charge in [0, 0.05) is 43.7 Å². The smallest absolute Gasteiger partial charge is 0.251 e. The summed E-state index contributed by atoms with van der Waals surface area (Å²) in [6.07, 6.45) is 0.425. The lowest BCUT2D eigenvalue weighted by molar-refractivity contribution is -0.130. The van der Waals surface area contributed by atoms with Gasteiger partial charge in [0.15, 0.2) is 5.96 Å². The van der Waals surface area contributed by atoms with Crippen LogP contribution < -0.4 is 16.0 Å². The van der Waals surface area contributed by atoms with Crippen LogP contribution in [0.3, 0.4) is 0 Å². The normalized spacial score (nSPS) is 11.3. The van der Waals surface area contributed by atoms with E-state index in [0.717, 1.165) is 25.2 Å². The minimum atomic E-state index is -0.282. The van der Waals surface area contributed by atoms with Crippen molar-refractivity contribution in [3.05, 3.63) is 35.4 Å². The van der Waals surface area contributed by atoms with Crippen LogP contribution in [0.5, 0.6) is 0 Å². The molecule has 1 aromatic carbocycles. The second-order valence-corrected chi connectivity index (χ2v) is 7.84. The fraction of sp³-hybridized carbons (Fsp3) is 0.591. The first-order valence-corrected chi connectivity index (χ1v) is 10.4. The molecular formula is C22H38IN5O2. The van der Waals surface area contributed by atoms with Crippen LogP contribution in [0.1, 0.15) is 63.9 Å². The van der Waals surface area contributed by atoms with Gasteiger partial charge in [0.05, 0.1) is 6.54 Å². The summed E-state index contributed by atoms with van der Waals surface area (Å²) >= 11 is 0. The highest BCUT2D eigenvalue weighted by Gasteiger charge is 2.15. The first kappa shape index (κ1) is 28.2. The topological polar surface area (TPSA) is 85.8 Å². The molecule has 30 heavy (non-hydrogen) atoms. The van der Waals surface area contributed by atoms with Gasteiger partial charge in [-0.15, -0.1) is 24.0 Å². The SMILES string of the molecule is CCNC(=NCc1cccc(C(=O)NC(C)(C)C)c1)NCCC(=O)N(CC)CC.I. The van der Waals surface area contributed by atoms with Crippen LogP contribution in [0.25, 0.3) is 0 Å². The number of rotatable bonds is 9. The third kappa shape index (κ3) is 10.8.